The van der Waals surface area contributed by atoms with E-state index in [0.29, 0.717) is 12.0 Å². The fourth-order valence-electron chi connectivity index (χ4n) is 3.57. The number of nitrogens with two attached hydrogens (primary N) is 1. The van der Waals surface area contributed by atoms with Crippen molar-refractivity contribution in [2.75, 3.05) is 19.6 Å². The summed E-state index contributed by atoms with van der Waals surface area (Å²) in [7, 11) is 0. The standard InChI is InChI=1S/C17H25N3O/c1-12(16(18)14-5-3-2-4-6-14)17(21)19-15-11-20-9-7-13(15)8-10-20/h2-6,12-13,15-16H,7-11,18H2,1H3,(H,19,21). The topological polar surface area (TPSA) is 58.4 Å². The Balaban J connectivity index is 1.60. The molecule has 0 spiro atoms. The van der Waals surface area contributed by atoms with E-state index < -0.39 is 0 Å². The highest BCUT2D eigenvalue weighted by Crippen LogP contribution is 2.28. The van der Waals surface area contributed by atoms with E-state index in [0.717, 1.165) is 12.1 Å². The van der Waals surface area contributed by atoms with Crippen LogP contribution in [0.5, 0.6) is 0 Å². The zero-order chi connectivity index (χ0) is 14.8. The second-order valence-electron chi connectivity index (χ2n) is 6.48. The number of carbonyl (C=O) groups excluding carboxylic acids is 1. The molecule has 0 radical (unpaired) electrons. The highest BCUT2D eigenvalue weighted by atomic mass is 16.2. The number of nitrogens with zero attached hydrogens (tertiary/aromatic N) is 1. The number of nitrogens with one attached hydrogen (secondary N) is 1. The number of rotatable bonds is 4. The second-order valence-corrected chi connectivity index (χ2v) is 6.48. The van der Waals surface area contributed by atoms with Gasteiger partial charge < -0.3 is 16.0 Å². The van der Waals surface area contributed by atoms with E-state index in [1.165, 1.54) is 25.9 Å². The molecule has 3 fully saturated rings. The first-order valence-electron chi connectivity index (χ1n) is 7.98. The number of fused-ring (bicyclic) bond motifs is 3. The number of piperidine rings is 3. The third-order valence-electron chi connectivity index (χ3n) is 5.12. The summed E-state index contributed by atoms with van der Waals surface area (Å²) < 4.78 is 0. The highest BCUT2D eigenvalue weighted by Gasteiger charge is 2.36. The molecule has 3 unspecified atom stereocenters. The maximum Gasteiger partial charge on any atom is 0.225 e. The van der Waals surface area contributed by atoms with Crippen LogP contribution in [0.1, 0.15) is 31.4 Å². The maximum absolute atomic E-state index is 12.5. The van der Waals surface area contributed by atoms with Gasteiger partial charge in [0.15, 0.2) is 0 Å². The van der Waals surface area contributed by atoms with Crippen LogP contribution >= 0.6 is 0 Å². The van der Waals surface area contributed by atoms with Crippen LogP contribution in [-0.4, -0.2) is 36.5 Å². The summed E-state index contributed by atoms with van der Waals surface area (Å²) in [6, 6.07) is 9.94. The molecule has 1 aromatic carbocycles. The van der Waals surface area contributed by atoms with E-state index >= 15 is 0 Å². The van der Waals surface area contributed by atoms with Crippen molar-refractivity contribution < 1.29 is 4.79 Å². The van der Waals surface area contributed by atoms with Crippen molar-refractivity contribution in [1.82, 2.24) is 10.2 Å². The van der Waals surface area contributed by atoms with E-state index in [9.17, 15) is 4.79 Å². The summed E-state index contributed by atoms with van der Waals surface area (Å²) in [5.41, 5.74) is 7.27. The number of hydrogen-bond donors (Lipinski definition) is 2. The Morgan fingerprint density at radius 3 is 2.52 bits per heavy atom. The monoisotopic (exact) mass is 287 g/mol. The smallest absolute Gasteiger partial charge is 0.225 e. The molecule has 3 heterocycles. The summed E-state index contributed by atoms with van der Waals surface area (Å²) in [4.78, 5) is 14.9. The molecule has 114 valence electrons. The summed E-state index contributed by atoms with van der Waals surface area (Å²) in [5, 5.41) is 3.24. The minimum absolute atomic E-state index is 0.0881. The van der Waals surface area contributed by atoms with Gasteiger partial charge >= 0.3 is 0 Å². The van der Waals surface area contributed by atoms with Crippen molar-refractivity contribution in [1.29, 1.82) is 0 Å². The molecule has 21 heavy (non-hydrogen) atoms. The van der Waals surface area contributed by atoms with Gasteiger partial charge in [-0.15, -0.1) is 0 Å². The number of amides is 1. The lowest BCUT2D eigenvalue weighted by Crippen LogP contribution is -2.58. The van der Waals surface area contributed by atoms with E-state index in [1.807, 2.05) is 37.3 Å². The van der Waals surface area contributed by atoms with Crippen molar-refractivity contribution >= 4 is 5.91 Å². The first-order chi connectivity index (χ1) is 10.1. The van der Waals surface area contributed by atoms with Crippen LogP contribution in [0.4, 0.5) is 0 Å². The average Bonchev–Trinajstić information content (AvgIpc) is 2.55. The lowest BCUT2D eigenvalue weighted by molar-refractivity contribution is -0.127. The van der Waals surface area contributed by atoms with Gasteiger partial charge in [0.2, 0.25) is 5.91 Å². The average molecular weight is 287 g/mol. The predicted octanol–water partition coefficient (Wildman–Crippen LogP) is 1.53. The number of hydrogen-bond acceptors (Lipinski definition) is 3. The number of benzene rings is 1. The summed E-state index contributed by atoms with van der Waals surface area (Å²) in [6.07, 6.45) is 2.42. The van der Waals surface area contributed by atoms with E-state index in [-0.39, 0.29) is 17.9 Å². The van der Waals surface area contributed by atoms with Gasteiger partial charge in [0.05, 0.1) is 5.92 Å². The van der Waals surface area contributed by atoms with Crippen LogP contribution in [0.2, 0.25) is 0 Å². The van der Waals surface area contributed by atoms with E-state index in [2.05, 4.69) is 10.2 Å². The Bertz CT molecular complexity index is 482. The summed E-state index contributed by atoms with van der Waals surface area (Å²) in [5.74, 6) is 0.534. The lowest BCUT2D eigenvalue weighted by atomic mass is 9.83. The van der Waals surface area contributed by atoms with Crippen LogP contribution in [-0.2, 0) is 4.79 Å². The molecule has 1 amide bonds. The largest absolute Gasteiger partial charge is 0.352 e. The SMILES string of the molecule is CC(C(=O)NC1CN2CCC1CC2)C(N)c1ccccc1. The van der Waals surface area contributed by atoms with Gasteiger partial charge in [0.1, 0.15) is 0 Å². The van der Waals surface area contributed by atoms with Gasteiger partial charge in [-0.2, -0.15) is 0 Å². The fourth-order valence-corrected chi connectivity index (χ4v) is 3.57. The van der Waals surface area contributed by atoms with Crippen molar-refractivity contribution in [3.8, 4) is 0 Å². The van der Waals surface area contributed by atoms with Crippen molar-refractivity contribution in [2.45, 2.75) is 31.8 Å². The van der Waals surface area contributed by atoms with Crippen LogP contribution in [0.25, 0.3) is 0 Å². The molecule has 3 atom stereocenters. The molecular formula is C17H25N3O. The molecule has 3 aliphatic heterocycles. The molecule has 3 aliphatic rings. The quantitative estimate of drug-likeness (QED) is 0.883. The molecule has 4 nitrogen and oxygen atoms in total. The van der Waals surface area contributed by atoms with E-state index in [1.54, 1.807) is 0 Å². The molecule has 4 rings (SSSR count). The molecule has 0 saturated carbocycles. The normalized spacial score (nSPS) is 30.7. The van der Waals surface area contributed by atoms with Crippen LogP contribution in [0.15, 0.2) is 30.3 Å². The summed E-state index contributed by atoms with van der Waals surface area (Å²) >= 11 is 0. The van der Waals surface area contributed by atoms with Crippen molar-refractivity contribution in [2.24, 2.45) is 17.6 Å². The fraction of sp³-hybridized carbons (Fsp3) is 0.588. The minimum atomic E-state index is -0.243. The van der Waals surface area contributed by atoms with Gasteiger partial charge in [-0.05, 0) is 37.4 Å². The molecule has 0 aromatic heterocycles. The van der Waals surface area contributed by atoms with Crippen LogP contribution < -0.4 is 11.1 Å². The van der Waals surface area contributed by atoms with Gasteiger partial charge in [0.25, 0.3) is 0 Å². The molecule has 0 aliphatic carbocycles. The van der Waals surface area contributed by atoms with Crippen molar-refractivity contribution in [3.05, 3.63) is 35.9 Å². The first kappa shape index (κ1) is 14.5. The Labute approximate surface area is 126 Å². The zero-order valence-corrected chi connectivity index (χ0v) is 12.7. The Hall–Kier alpha value is -1.39. The molecule has 1 aromatic rings. The first-order valence-corrected chi connectivity index (χ1v) is 7.98. The lowest BCUT2D eigenvalue weighted by Gasteiger charge is -2.45. The zero-order valence-electron chi connectivity index (χ0n) is 12.7. The molecule has 3 N–H and O–H groups in total. The van der Waals surface area contributed by atoms with E-state index in [4.69, 9.17) is 5.73 Å². The van der Waals surface area contributed by atoms with Gasteiger partial charge in [-0.1, -0.05) is 37.3 Å². The Morgan fingerprint density at radius 1 is 1.29 bits per heavy atom. The second kappa shape index (κ2) is 6.16. The Morgan fingerprint density at radius 2 is 1.95 bits per heavy atom. The van der Waals surface area contributed by atoms with Gasteiger partial charge in [-0.3, -0.25) is 4.79 Å². The molecule has 4 heteroatoms. The molecule has 2 bridgehead atoms. The number of carbonyl (C=O) groups is 1. The van der Waals surface area contributed by atoms with Gasteiger partial charge in [-0.25, -0.2) is 0 Å². The molecule has 3 saturated heterocycles. The minimum Gasteiger partial charge on any atom is -0.352 e. The van der Waals surface area contributed by atoms with Gasteiger partial charge in [0, 0.05) is 18.6 Å². The van der Waals surface area contributed by atoms with Crippen LogP contribution in [0, 0.1) is 11.8 Å². The summed E-state index contributed by atoms with van der Waals surface area (Å²) in [6.45, 7) is 5.31. The Kier molecular flexibility index (Phi) is 4.27. The predicted molar refractivity (Wildman–Crippen MR) is 83.6 cm³/mol. The maximum atomic E-state index is 12.5. The van der Waals surface area contributed by atoms with Crippen molar-refractivity contribution in [3.63, 3.8) is 0 Å². The third kappa shape index (κ3) is 3.11. The highest BCUT2D eigenvalue weighted by molar-refractivity contribution is 5.79. The third-order valence-corrected chi connectivity index (χ3v) is 5.12. The van der Waals surface area contributed by atoms with Crippen LogP contribution in [0.3, 0.4) is 0 Å². The molecular weight excluding hydrogens is 262 g/mol.